The molecular weight excluding hydrogens is 178 g/mol. The fourth-order valence-corrected chi connectivity index (χ4v) is 1.95. The molecule has 0 aromatic rings. The van der Waals surface area contributed by atoms with Gasteiger partial charge >= 0.3 is 0 Å². The van der Waals surface area contributed by atoms with Crippen molar-refractivity contribution in [3.05, 3.63) is 11.6 Å². The number of hydrogen-bond acceptors (Lipinski definition) is 3. The van der Waals surface area contributed by atoms with Gasteiger partial charge in [-0.05, 0) is 31.3 Å². The smallest absolute Gasteiger partial charge is 0.0771 e. The molecule has 1 saturated carbocycles. The van der Waals surface area contributed by atoms with Crippen molar-refractivity contribution < 1.29 is 9.84 Å². The minimum absolute atomic E-state index is 0.407. The second kappa shape index (κ2) is 4.43. The molecule has 0 saturated heterocycles. The summed E-state index contributed by atoms with van der Waals surface area (Å²) in [7, 11) is 0. The van der Waals surface area contributed by atoms with Crippen LogP contribution in [0.15, 0.2) is 11.6 Å². The average molecular weight is 197 g/mol. The third kappa shape index (κ3) is 2.56. The zero-order chi connectivity index (χ0) is 9.86. The molecule has 3 nitrogen and oxygen atoms in total. The fourth-order valence-electron chi connectivity index (χ4n) is 1.95. The van der Waals surface area contributed by atoms with E-state index in [9.17, 15) is 5.11 Å². The van der Waals surface area contributed by atoms with Gasteiger partial charge in [-0.3, -0.25) is 0 Å². The van der Waals surface area contributed by atoms with Crippen LogP contribution in [0.1, 0.15) is 25.7 Å². The highest BCUT2D eigenvalue weighted by Gasteiger charge is 2.33. The van der Waals surface area contributed by atoms with Gasteiger partial charge in [-0.25, -0.2) is 0 Å². The first kappa shape index (κ1) is 10.1. The summed E-state index contributed by atoms with van der Waals surface area (Å²) in [6.45, 7) is 3.20. The van der Waals surface area contributed by atoms with Gasteiger partial charge in [0.05, 0.1) is 18.8 Å². The van der Waals surface area contributed by atoms with Crippen LogP contribution in [0, 0.1) is 0 Å². The maximum absolute atomic E-state index is 9.83. The highest BCUT2D eigenvalue weighted by Crippen LogP contribution is 2.30. The largest absolute Gasteiger partial charge is 0.389 e. The lowest BCUT2D eigenvalue weighted by Gasteiger charge is -2.36. The molecular formula is C11H19NO2. The van der Waals surface area contributed by atoms with Crippen molar-refractivity contribution in [3.63, 3.8) is 0 Å². The Morgan fingerprint density at radius 1 is 1.50 bits per heavy atom. The van der Waals surface area contributed by atoms with Crippen LogP contribution in [-0.4, -0.2) is 37.0 Å². The van der Waals surface area contributed by atoms with Gasteiger partial charge in [-0.1, -0.05) is 6.08 Å². The van der Waals surface area contributed by atoms with Crippen molar-refractivity contribution in [2.45, 2.75) is 31.3 Å². The first-order chi connectivity index (χ1) is 6.79. The summed E-state index contributed by atoms with van der Waals surface area (Å²) in [6, 6.07) is 0. The molecule has 0 atom stereocenters. The summed E-state index contributed by atoms with van der Waals surface area (Å²) in [5, 5.41) is 13.1. The van der Waals surface area contributed by atoms with Crippen molar-refractivity contribution in [1.29, 1.82) is 0 Å². The van der Waals surface area contributed by atoms with Crippen molar-refractivity contribution in [1.82, 2.24) is 5.32 Å². The molecule has 0 spiro atoms. The van der Waals surface area contributed by atoms with Crippen molar-refractivity contribution in [3.8, 4) is 0 Å². The Morgan fingerprint density at radius 2 is 2.36 bits per heavy atom. The number of hydrogen-bond donors (Lipinski definition) is 2. The van der Waals surface area contributed by atoms with E-state index in [0.29, 0.717) is 0 Å². The topological polar surface area (TPSA) is 41.5 Å². The van der Waals surface area contributed by atoms with Crippen molar-refractivity contribution in [2.75, 3.05) is 26.3 Å². The van der Waals surface area contributed by atoms with Crippen LogP contribution in [0.4, 0.5) is 0 Å². The average Bonchev–Trinajstić information content (AvgIpc) is 2.17. The molecule has 2 N–H and O–H groups in total. The van der Waals surface area contributed by atoms with Crippen LogP contribution in [0.3, 0.4) is 0 Å². The third-order valence-electron chi connectivity index (χ3n) is 3.07. The molecule has 1 heterocycles. The molecule has 80 valence electrons. The summed E-state index contributed by atoms with van der Waals surface area (Å²) in [4.78, 5) is 0. The van der Waals surface area contributed by atoms with Gasteiger partial charge in [0.1, 0.15) is 0 Å². The normalized spacial score (nSPS) is 25.4. The van der Waals surface area contributed by atoms with E-state index in [-0.39, 0.29) is 0 Å². The molecule has 0 aromatic heterocycles. The van der Waals surface area contributed by atoms with Crippen LogP contribution >= 0.6 is 0 Å². The van der Waals surface area contributed by atoms with Crippen molar-refractivity contribution in [2.24, 2.45) is 0 Å². The van der Waals surface area contributed by atoms with E-state index in [2.05, 4.69) is 11.4 Å². The Bertz CT molecular complexity index is 221. The highest BCUT2D eigenvalue weighted by molar-refractivity contribution is 5.07. The second-order valence-electron chi connectivity index (χ2n) is 4.39. The standard InChI is InChI=1S/C11H19NO2/c13-11(4-2-5-11)9-12-7-10-3-1-6-14-8-10/h3,12-13H,1-2,4-9H2. The third-order valence-corrected chi connectivity index (χ3v) is 3.07. The SMILES string of the molecule is OC1(CNCC2=CCCOC2)CCC1. The summed E-state index contributed by atoms with van der Waals surface area (Å²) in [6.07, 6.45) is 6.34. The Morgan fingerprint density at radius 3 is 2.93 bits per heavy atom. The Balaban J connectivity index is 1.64. The van der Waals surface area contributed by atoms with Crippen LogP contribution in [-0.2, 0) is 4.74 Å². The van der Waals surface area contributed by atoms with Gasteiger partial charge in [0.2, 0.25) is 0 Å². The van der Waals surface area contributed by atoms with E-state index in [1.165, 1.54) is 12.0 Å². The molecule has 3 heteroatoms. The minimum Gasteiger partial charge on any atom is -0.389 e. The zero-order valence-corrected chi connectivity index (χ0v) is 8.59. The second-order valence-corrected chi connectivity index (χ2v) is 4.39. The van der Waals surface area contributed by atoms with Crippen molar-refractivity contribution >= 4 is 0 Å². The molecule has 1 aliphatic heterocycles. The molecule has 2 aliphatic rings. The van der Waals surface area contributed by atoms with E-state index in [1.807, 2.05) is 0 Å². The zero-order valence-electron chi connectivity index (χ0n) is 8.59. The van der Waals surface area contributed by atoms with Crippen LogP contribution in [0.2, 0.25) is 0 Å². The predicted octanol–water partition coefficient (Wildman–Crippen LogP) is 0.838. The van der Waals surface area contributed by atoms with Gasteiger partial charge in [0.15, 0.2) is 0 Å². The Kier molecular flexibility index (Phi) is 3.21. The molecule has 0 unspecified atom stereocenters. The molecule has 0 amide bonds. The van der Waals surface area contributed by atoms with Gasteiger partial charge in [-0.15, -0.1) is 0 Å². The minimum atomic E-state index is -0.407. The van der Waals surface area contributed by atoms with Crippen LogP contribution < -0.4 is 5.32 Å². The van der Waals surface area contributed by atoms with Gasteiger partial charge < -0.3 is 15.2 Å². The molecule has 2 rings (SSSR count). The first-order valence-corrected chi connectivity index (χ1v) is 5.47. The maximum atomic E-state index is 9.83. The summed E-state index contributed by atoms with van der Waals surface area (Å²) < 4.78 is 5.33. The van der Waals surface area contributed by atoms with Crippen LogP contribution in [0.5, 0.6) is 0 Å². The van der Waals surface area contributed by atoms with Gasteiger partial charge in [0.25, 0.3) is 0 Å². The molecule has 0 bridgehead atoms. The maximum Gasteiger partial charge on any atom is 0.0771 e. The quantitative estimate of drug-likeness (QED) is 0.656. The predicted molar refractivity (Wildman–Crippen MR) is 55.2 cm³/mol. The Labute approximate surface area is 85.1 Å². The van der Waals surface area contributed by atoms with E-state index in [1.54, 1.807) is 0 Å². The summed E-state index contributed by atoms with van der Waals surface area (Å²) >= 11 is 0. The summed E-state index contributed by atoms with van der Waals surface area (Å²) in [5.74, 6) is 0. The van der Waals surface area contributed by atoms with Gasteiger partial charge in [0, 0.05) is 13.1 Å². The van der Waals surface area contributed by atoms with E-state index in [0.717, 1.165) is 45.6 Å². The molecule has 14 heavy (non-hydrogen) atoms. The fraction of sp³-hybridized carbons (Fsp3) is 0.818. The summed E-state index contributed by atoms with van der Waals surface area (Å²) in [5.41, 5.74) is 0.912. The number of aliphatic hydroxyl groups is 1. The molecule has 0 radical (unpaired) electrons. The first-order valence-electron chi connectivity index (χ1n) is 5.47. The van der Waals surface area contributed by atoms with Gasteiger partial charge in [-0.2, -0.15) is 0 Å². The lowest BCUT2D eigenvalue weighted by atomic mass is 9.80. The van der Waals surface area contributed by atoms with Crippen LogP contribution in [0.25, 0.3) is 0 Å². The van der Waals surface area contributed by atoms with E-state index >= 15 is 0 Å². The lowest BCUT2D eigenvalue weighted by molar-refractivity contribution is -0.0308. The molecule has 1 fully saturated rings. The van der Waals surface area contributed by atoms with E-state index < -0.39 is 5.60 Å². The number of nitrogens with one attached hydrogen (secondary N) is 1. The molecule has 0 aromatic carbocycles. The highest BCUT2D eigenvalue weighted by atomic mass is 16.5. The molecule has 1 aliphatic carbocycles. The van der Waals surface area contributed by atoms with E-state index in [4.69, 9.17) is 4.74 Å². The lowest BCUT2D eigenvalue weighted by Crippen LogP contribution is -2.46. The number of rotatable bonds is 4. The Hall–Kier alpha value is -0.380. The monoisotopic (exact) mass is 197 g/mol. The number of ether oxygens (including phenoxy) is 1.